The molecule has 0 radical (unpaired) electrons. The molecule has 0 amide bonds. The molecule has 1 aromatic heterocycles. The molecule has 0 saturated heterocycles. The van der Waals surface area contributed by atoms with Gasteiger partial charge in [-0.2, -0.15) is 4.98 Å². The van der Waals surface area contributed by atoms with Crippen LogP contribution in [0.5, 0.6) is 5.75 Å². The van der Waals surface area contributed by atoms with Crippen molar-refractivity contribution in [3.05, 3.63) is 41.5 Å². The fraction of sp³-hybridized carbons (Fsp3) is 0.467. The standard InChI is InChI=1S/C15H21N3O2/c1-4-13(10(2)16)15-17-14(18-20-15)9-11-5-7-12(19-3)8-6-11/h5-8,10,13H,4,9,16H2,1-3H3. The quantitative estimate of drug-likeness (QED) is 0.876. The van der Waals surface area contributed by atoms with E-state index in [2.05, 4.69) is 17.1 Å². The van der Waals surface area contributed by atoms with Crippen LogP contribution >= 0.6 is 0 Å². The zero-order valence-corrected chi connectivity index (χ0v) is 12.2. The first-order valence-corrected chi connectivity index (χ1v) is 6.85. The highest BCUT2D eigenvalue weighted by Gasteiger charge is 2.21. The van der Waals surface area contributed by atoms with Crippen LogP contribution in [0.3, 0.4) is 0 Å². The summed E-state index contributed by atoms with van der Waals surface area (Å²) in [5.41, 5.74) is 7.05. The van der Waals surface area contributed by atoms with Gasteiger partial charge in [-0.1, -0.05) is 24.2 Å². The molecule has 0 bridgehead atoms. The van der Waals surface area contributed by atoms with E-state index in [0.29, 0.717) is 18.1 Å². The maximum absolute atomic E-state index is 5.93. The zero-order valence-electron chi connectivity index (χ0n) is 12.2. The van der Waals surface area contributed by atoms with Crippen molar-refractivity contribution in [1.82, 2.24) is 10.1 Å². The van der Waals surface area contributed by atoms with Crippen LogP contribution in [-0.4, -0.2) is 23.3 Å². The van der Waals surface area contributed by atoms with Crippen molar-refractivity contribution in [2.24, 2.45) is 5.73 Å². The molecule has 0 fully saturated rings. The van der Waals surface area contributed by atoms with Gasteiger partial charge in [-0.3, -0.25) is 0 Å². The largest absolute Gasteiger partial charge is 0.497 e. The van der Waals surface area contributed by atoms with Gasteiger partial charge in [0.15, 0.2) is 5.82 Å². The van der Waals surface area contributed by atoms with Gasteiger partial charge in [0.1, 0.15) is 5.75 Å². The molecule has 108 valence electrons. The van der Waals surface area contributed by atoms with Crippen molar-refractivity contribution in [3.8, 4) is 5.75 Å². The maximum Gasteiger partial charge on any atom is 0.231 e. The Kier molecular flexibility index (Phi) is 4.74. The molecule has 0 aliphatic heterocycles. The molecule has 5 nitrogen and oxygen atoms in total. The van der Waals surface area contributed by atoms with Crippen molar-refractivity contribution >= 4 is 0 Å². The first kappa shape index (κ1) is 14.5. The number of nitrogens with zero attached hydrogens (tertiary/aromatic N) is 2. The van der Waals surface area contributed by atoms with Crippen molar-refractivity contribution in [1.29, 1.82) is 0 Å². The minimum Gasteiger partial charge on any atom is -0.497 e. The molecule has 2 rings (SSSR count). The molecule has 1 aromatic carbocycles. The van der Waals surface area contributed by atoms with Gasteiger partial charge in [-0.05, 0) is 31.0 Å². The molecule has 20 heavy (non-hydrogen) atoms. The number of hydrogen-bond donors (Lipinski definition) is 1. The van der Waals surface area contributed by atoms with Gasteiger partial charge < -0.3 is 15.0 Å². The van der Waals surface area contributed by atoms with E-state index in [1.54, 1.807) is 7.11 Å². The van der Waals surface area contributed by atoms with E-state index in [-0.39, 0.29) is 12.0 Å². The van der Waals surface area contributed by atoms with Gasteiger partial charge in [0.2, 0.25) is 5.89 Å². The van der Waals surface area contributed by atoms with E-state index >= 15 is 0 Å². The first-order valence-electron chi connectivity index (χ1n) is 6.85. The molecule has 1 heterocycles. The lowest BCUT2D eigenvalue weighted by molar-refractivity contribution is 0.331. The van der Waals surface area contributed by atoms with Crippen LogP contribution in [0.25, 0.3) is 0 Å². The second kappa shape index (κ2) is 6.52. The number of aromatic nitrogens is 2. The number of benzene rings is 1. The first-order chi connectivity index (χ1) is 9.63. The van der Waals surface area contributed by atoms with Crippen LogP contribution < -0.4 is 10.5 Å². The Hall–Kier alpha value is -1.88. The molecule has 0 aliphatic carbocycles. The molecule has 5 heteroatoms. The number of methoxy groups -OCH3 is 1. The smallest absolute Gasteiger partial charge is 0.231 e. The SMILES string of the molecule is CCC(c1nc(Cc2ccc(OC)cc2)no1)C(C)N. The lowest BCUT2D eigenvalue weighted by Crippen LogP contribution is -2.24. The van der Waals surface area contributed by atoms with Gasteiger partial charge in [0.05, 0.1) is 13.0 Å². The van der Waals surface area contributed by atoms with E-state index < -0.39 is 0 Å². The second-order valence-electron chi connectivity index (χ2n) is 4.95. The summed E-state index contributed by atoms with van der Waals surface area (Å²) in [4.78, 5) is 4.45. The Morgan fingerprint density at radius 1 is 1.30 bits per heavy atom. The normalized spacial score (nSPS) is 14.0. The van der Waals surface area contributed by atoms with Crippen molar-refractivity contribution < 1.29 is 9.26 Å². The fourth-order valence-corrected chi connectivity index (χ4v) is 2.19. The highest BCUT2D eigenvalue weighted by molar-refractivity contribution is 5.28. The number of nitrogens with two attached hydrogens (primary N) is 1. The third kappa shape index (κ3) is 3.36. The lowest BCUT2D eigenvalue weighted by atomic mass is 9.99. The summed E-state index contributed by atoms with van der Waals surface area (Å²) < 4.78 is 10.5. The summed E-state index contributed by atoms with van der Waals surface area (Å²) in [5, 5.41) is 4.03. The van der Waals surface area contributed by atoms with Crippen LogP contribution in [0.15, 0.2) is 28.8 Å². The average molecular weight is 275 g/mol. The van der Waals surface area contributed by atoms with Crippen molar-refractivity contribution in [2.75, 3.05) is 7.11 Å². The highest BCUT2D eigenvalue weighted by Crippen LogP contribution is 2.21. The zero-order chi connectivity index (χ0) is 14.5. The topological polar surface area (TPSA) is 74.2 Å². The predicted molar refractivity (Wildman–Crippen MR) is 76.8 cm³/mol. The molecular weight excluding hydrogens is 254 g/mol. The molecule has 0 spiro atoms. The molecule has 2 aromatic rings. The van der Waals surface area contributed by atoms with E-state index in [0.717, 1.165) is 17.7 Å². The maximum atomic E-state index is 5.93. The third-order valence-corrected chi connectivity index (χ3v) is 3.40. The van der Waals surface area contributed by atoms with Gasteiger partial charge in [0, 0.05) is 12.5 Å². The Morgan fingerprint density at radius 3 is 2.55 bits per heavy atom. The summed E-state index contributed by atoms with van der Waals surface area (Å²) in [6.45, 7) is 4.03. The summed E-state index contributed by atoms with van der Waals surface area (Å²) in [5.74, 6) is 2.27. The summed E-state index contributed by atoms with van der Waals surface area (Å²) in [7, 11) is 1.65. The Labute approximate surface area is 119 Å². The fourth-order valence-electron chi connectivity index (χ4n) is 2.19. The molecular formula is C15H21N3O2. The van der Waals surface area contributed by atoms with Crippen molar-refractivity contribution in [3.63, 3.8) is 0 Å². The highest BCUT2D eigenvalue weighted by atomic mass is 16.5. The minimum atomic E-state index is 0.00860. The van der Waals surface area contributed by atoms with Crippen LogP contribution in [0.1, 0.15) is 43.5 Å². The van der Waals surface area contributed by atoms with Gasteiger partial charge in [0.25, 0.3) is 0 Å². The van der Waals surface area contributed by atoms with E-state index in [1.807, 2.05) is 31.2 Å². The van der Waals surface area contributed by atoms with Gasteiger partial charge in [-0.15, -0.1) is 0 Å². The lowest BCUT2D eigenvalue weighted by Gasteiger charge is -2.13. The second-order valence-corrected chi connectivity index (χ2v) is 4.95. The average Bonchev–Trinajstić information content (AvgIpc) is 2.88. The molecule has 2 N–H and O–H groups in total. The summed E-state index contributed by atoms with van der Waals surface area (Å²) >= 11 is 0. The Bertz CT molecular complexity index is 534. The number of hydrogen-bond acceptors (Lipinski definition) is 5. The van der Waals surface area contributed by atoms with Gasteiger partial charge in [-0.25, -0.2) is 0 Å². The molecule has 2 unspecified atom stereocenters. The van der Waals surface area contributed by atoms with E-state index in [1.165, 1.54) is 0 Å². The van der Waals surface area contributed by atoms with Crippen LogP contribution in [0, 0.1) is 0 Å². The van der Waals surface area contributed by atoms with Crippen LogP contribution in [0.4, 0.5) is 0 Å². The monoisotopic (exact) mass is 275 g/mol. The number of ether oxygens (including phenoxy) is 1. The molecule has 0 aliphatic rings. The third-order valence-electron chi connectivity index (χ3n) is 3.40. The van der Waals surface area contributed by atoms with E-state index in [9.17, 15) is 0 Å². The molecule has 2 atom stereocenters. The summed E-state index contributed by atoms with van der Waals surface area (Å²) in [6.07, 6.45) is 1.53. The van der Waals surface area contributed by atoms with Crippen LogP contribution in [0.2, 0.25) is 0 Å². The van der Waals surface area contributed by atoms with Gasteiger partial charge >= 0.3 is 0 Å². The van der Waals surface area contributed by atoms with Crippen LogP contribution in [-0.2, 0) is 6.42 Å². The number of rotatable bonds is 6. The van der Waals surface area contributed by atoms with Crippen molar-refractivity contribution in [2.45, 2.75) is 38.6 Å². The minimum absolute atomic E-state index is 0.00860. The Balaban J connectivity index is 2.08. The molecule has 0 saturated carbocycles. The van der Waals surface area contributed by atoms with E-state index in [4.69, 9.17) is 15.0 Å². The summed E-state index contributed by atoms with van der Waals surface area (Å²) in [6, 6.07) is 7.85. The Morgan fingerprint density at radius 2 is 2.00 bits per heavy atom. The predicted octanol–water partition coefficient (Wildman–Crippen LogP) is 2.51.